The van der Waals surface area contributed by atoms with Gasteiger partial charge in [-0.2, -0.15) is 22.3 Å². The smallest absolute Gasteiger partial charge is 1.00 e. The first-order chi connectivity index (χ1) is 8.25. The van der Waals surface area contributed by atoms with Crippen LogP contribution in [0.5, 0.6) is 0 Å². The Balaban J connectivity index is -0.000000270. The Morgan fingerprint density at radius 2 is 0.857 bits per heavy atom. The van der Waals surface area contributed by atoms with Gasteiger partial charge in [0.2, 0.25) is 0 Å². The molecule has 0 saturated heterocycles. The monoisotopic (exact) mass is 550 g/mol. The van der Waals surface area contributed by atoms with E-state index in [-0.39, 0.29) is 55.9 Å². The van der Waals surface area contributed by atoms with E-state index in [9.17, 15) is 0 Å². The summed E-state index contributed by atoms with van der Waals surface area (Å²) in [5.41, 5.74) is 8.49. The molecule has 116 valence electrons. The molecule has 2 unspecified atom stereocenters. The van der Waals surface area contributed by atoms with E-state index in [1.54, 1.807) is 0 Å². The van der Waals surface area contributed by atoms with Gasteiger partial charge in [0.1, 0.15) is 0 Å². The van der Waals surface area contributed by atoms with Crippen LogP contribution in [-0.4, -0.2) is 0 Å². The van der Waals surface area contributed by atoms with Crippen LogP contribution in [0.3, 0.4) is 0 Å². The fraction of sp³-hybridized carbons (Fsp3) is 0.556. The normalized spacial score (nSPS) is 23.2. The first kappa shape index (κ1) is 26.5. The SMILES string of the molecule is CC1=[C-]C(C)C(C)=C1C.CC1=[C-]C(C)C(C)=C1C.[Cl-].[Cl-].[U+4]. The molecule has 0 heterocycles. The molecular weight excluding hydrogens is 525 g/mol. The maximum absolute atomic E-state index is 3.36. The quantitative estimate of drug-likeness (QED) is 0.355. The minimum Gasteiger partial charge on any atom is -1.00 e. The van der Waals surface area contributed by atoms with E-state index < -0.39 is 0 Å². The van der Waals surface area contributed by atoms with Crippen molar-refractivity contribution in [1.29, 1.82) is 0 Å². The largest absolute Gasteiger partial charge is 4.00 e. The second kappa shape index (κ2) is 11.2. The number of hydrogen-bond acceptors (Lipinski definition) is 0. The Labute approximate surface area is 167 Å². The van der Waals surface area contributed by atoms with Gasteiger partial charge in [0.05, 0.1) is 0 Å². The molecule has 2 atom stereocenters. The van der Waals surface area contributed by atoms with Crippen molar-refractivity contribution in [2.75, 3.05) is 0 Å². The summed E-state index contributed by atoms with van der Waals surface area (Å²) in [6.07, 6.45) is 6.72. The first-order valence-electron chi connectivity index (χ1n) is 6.81. The molecule has 0 amide bonds. The van der Waals surface area contributed by atoms with Crippen LogP contribution in [0, 0.1) is 55.1 Å². The van der Waals surface area contributed by atoms with Crippen LogP contribution in [0.15, 0.2) is 33.4 Å². The second-order valence-electron chi connectivity index (χ2n) is 5.60. The molecule has 0 radical (unpaired) electrons. The Morgan fingerprint density at radius 1 is 0.619 bits per heavy atom. The van der Waals surface area contributed by atoms with Crippen LogP contribution in [0.4, 0.5) is 0 Å². The minimum absolute atomic E-state index is 0. The second-order valence-corrected chi connectivity index (χ2v) is 5.60. The molecule has 0 aromatic heterocycles. The van der Waals surface area contributed by atoms with Crippen molar-refractivity contribution in [2.24, 2.45) is 11.8 Å². The van der Waals surface area contributed by atoms with Crippen LogP contribution in [0.25, 0.3) is 0 Å². The van der Waals surface area contributed by atoms with E-state index in [1.807, 2.05) is 0 Å². The molecule has 0 N–H and O–H groups in total. The molecule has 2 aliphatic rings. The molecule has 21 heavy (non-hydrogen) atoms. The fourth-order valence-electron chi connectivity index (χ4n) is 2.32. The summed E-state index contributed by atoms with van der Waals surface area (Å²) >= 11 is 0. The van der Waals surface area contributed by atoms with Gasteiger partial charge in [0, 0.05) is 0 Å². The van der Waals surface area contributed by atoms with Crippen LogP contribution in [-0.2, 0) is 0 Å². The van der Waals surface area contributed by atoms with E-state index in [2.05, 4.69) is 67.5 Å². The maximum atomic E-state index is 3.36. The van der Waals surface area contributed by atoms with Gasteiger partial charge in [-0.25, -0.2) is 11.1 Å². The Morgan fingerprint density at radius 3 is 0.905 bits per heavy atom. The third-order valence-corrected chi connectivity index (χ3v) is 4.47. The van der Waals surface area contributed by atoms with Crippen LogP contribution in [0.1, 0.15) is 55.4 Å². The zero-order valence-electron chi connectivity index (χ0n) is 14.4. The average molecular weight is 551 g/mol. The van der Waals surface area contributed by atoms with Gasteiger partial charge < -0.3 is 24.8 Å². The Hall–Kier alpha value is 0.592. The molecule has 0 saturated carbocycles. The molecule has 0 aromatic rings. The topological polar surface area (TPSA) is 0 Å². The predicted octanol–water partition coefficient (Wildman–Crippen LogP) is -0.548. The van der Waals surface area contributed by atoms with E-state index in [0.29, 0.717) is 11.8 Å². The molecule has 0 aromatic carbocycles. The Bertz CT molecular complexity index is 424. The predicted molar refractivity (Wildman–Crippen MR) is 79.9 cm³/mol. The number of halogens is 2. The van der Waals surface area contributed by atoms with Crippen molar-refractivity contribution < 1.29 is 55.9 Å². The van der Waals surface area contributed by atoms with Crippen LogP contribution < -0.4 is 24.8 Å². The summed E-state index contributed by atoms with van der Waals surface area (Å²) in [6.45, 7) is 17.3. The van der Waals surface area contributed by atoms with E-state index in [0.717, 1.165) is 0 Å². The van der Waals surface area contributed by atoms with Gasteiger partial charge in [-0.05, 0) is 0 Å². The summed E-state index contributed by atoms with van der Waals surface area (Å²) in [6, 6.07) is 0. The van der Waals surface area contributed by atoms with Crippen molar-refractivity contribution in [3.05, 3.63) is 45.6 Å². The van der Waals surface area contributed by atoms with Gasteiger partial charge in [-0.1, -0.05) is 53.4 Å². The zero-order valence-corrected chi connectivity index (χ0v) is 20.1. The standard InChI is InChI=1S/2C9H13.2ClH.U/c2*1-6-5-7(2)9(4)8(6)3;;;/h2*6H,1-4H3;2*1H;/q2*-1;;;+4/p-2. The van der Waals surface area contributed by atoms with Crippen molar-refractivity contribution in [3.8, 4) is 0 Å². The van der Waals surface area contributed by atoms with Crippen molar-refractivity contribution in [1.82, 2.24) is 0 Å². The maximum Gasteiger partial charge on any atom is 4.00 e. The molecule has 0 fully saturated rings. The molecule has 0 bridgehead atoms. The molecule has 0 nitrogen and oxygen atoms in total. The summed E-state index contributed by atoms with van der Waals surface area (Å²) in [4.78, 5) is 0. The van der Waals surface area contributed by atoms with E-state index >= 15 is 0 Å². The summed E-state index contributed by atoms with van der Waals surface area (Å²) < 4.78 is 0. The minimum atomic E-state index is 0. The molecular formula is C18H26Cl2U. The summed E-state index contributed by atoms with van der Waals surface area (Å²) in [5, 5.41) is 0. The molecule has 0 aliphatic heterocycles. The van der Waals surface area contributed by atoms with Gasteiger partial charge in [-0.3, -0.25) is 12.2 Å². The average Bonchev–Trinajstić information content (AvgIpc) is 2.66. The molecule has 0 spiro atoms. The Kier molecular flexibility index (Phi) is 14.1. The number of allylic oxidation sites excluding steroid dienone is 8. The van der Waals surface area contributed by atoms with Gasteiger partial charge in [-0.15, -0.1) is 13.8 Å². The fourth-order valence-corrected chi connectivity index (χ4v) is 2.32. The van der Waals surface area contributed by atoms with Gasteiger partial charge >= 0.3 is 31.1 Å². The third-order valence-electron chi connectivity index (χ3n) is 4.47. The van der Waals surface area contributed by atoms with Crippen molar-refractivity contribution >= 4 is 0 Å². The third kappa shape index (κ3) is 6.70. The van der Waals surface area contributed by atoms with Crippen LogP contribution >= 0.6 is 0 Å². The van der Waals surface area contributed by atoms with Crippen molar-refractivity contribution in [2.45, 2.75) is 55.4 Å². The number of hydrogen-bond donors (Lipinski definition) is 0. The van der Waals surface area contributed by atoms with Crippen LogP contribution in [0.2, 0.25) is 0 Å². The van der Waals surface area contributed by atoms with E-state index in [4.69, 9.17) is 0 Å². The van der Waals surface area contributed by atoms with Gasteiger partial charge in [0.25, 0.3) is 0 Å². The van der Waals surface area contributed by atoms with Gasteiger partial charge in [0.15, 0.2) is 0 Å². The number of rotatable bonds is 0. The van der Waals surface area contributed by atoms with Crippen molar-refractivity contribution in [3.63, 3.8) is 0 Å². The summed E-state index contributed by atoms with van der Waals surface area (Å²) in [5.74, 6) is 1.12. The molecule has 3 heteroatoms. The summed E-state index contributed by atoms with van der Waals surface area (Å²) in [7, 11) is 0. The van der Waals surface area contributed by atoms with E-state index in [1.165, 1.54) is 33.4 Å². The zero-order chi connectivity index (χ0) is 14.0. The molecule has 2 aliphatic carbocycles. The molecule has 2 rings (SSSR count). The first-order valence-corrected chi connectivity index (χ1v) is 6.81.